The SMILES string of the molecule is Cc1c(O)c2c([nH]c1=O)-c1ccc(N3CCCC3)cc1NCC2. The van der Waals surface area contributed by atoms with Gasteiger partial charge in [-0.2, -0.15) is 0 Å². The lowest BCUT2D eigenvalue weighted by molar-refractivity contribution is 0.462. The molecule has 0 atom stereocenters. The third-order valence-corrected chi connectivity index (χ3v) is 4.96. The zero-order valence-corrected chi connectivity index (χ0v) is 13.3. The van der Waals surface area contributed by atoms with Crippen LogP contribution >= 0.6 is 0 Å². The van der Waals surface area contributed by atoms with Gasteiger partial charge in [0.05, 0.1) is 11.3 Å². The zero-order chi connectivity index (χ0) is 16.0. The van der Waals surface area contributed by atoms with Gasteiger partial charge in [-0.25, -0.2) is 0 Å². The number of nitrogens with zero attached hydrogens (tertiary/aromatic N) is 1. The van der Waals surface area contributed by atoms with E-state index in [9.17, 15) is 9.90 Å². The summed E-state index contributed by atoms with van der Waals surface area (Å²) in [5.41, 5.74) is 4.92. The van der Waals surface area contributed by atoms with E-state index in [-0.39, 0.29) is 11.3 Å². The number of pyridine rings is 1. The maximum absolute atomic E-state index is 12.1. The highest BCUT2D eigenvalue weighted by Gasteiger charge is 2.22. The highest BCUT2D eigenvalue weighted by Crippen LogP contribution is 2.38. The van der Waals surface area contributed by atoms with Gasteiger partial charge in [0.1, 0.15) is 5.75 Å². The molecule has 2 aliphatic heterocycles. The van der Waals surface area contributed by atoms with Gasteiger partial charge in [-0.05, 0) is 44.4 Å². The lowest BCUT2D eigenvalue weighted by atomic mass is 10.0. The molecule has 23 heavy (non-hydrogen) atoms. The van der Waals surface area contributed by atoms with Crippen LogP contribution in [0.25, 0.3) is 11.3 Å². The van der Waals surface area contributed by atoms with Crippen molar-refractivity contribution in [3.8, 4) is 17.0 Å². The van der Waals surface area contributed by atoms with Crippen molar-refractivity contribution in [2.45, 2.75) is 26.2 Å². The first-order valence-corrected chi connectivity index (χ1v) is 8.23. The molecule has 1 aromatic heterocycles. The minimum atomic E-state index is -0.224. The fourth-order valence-corrected chi connectivity index (χ4v) is 3.60. The van der Waals surface area contributed by atoms with E-state index in [1.807, 2.05) is 6.07 Å². The number of H-pyrrole nitrogens is 1. The molecule has 0 radical (unpaired) electrons. The van der Waals surface area contributed by atoms with Crippen LogP contribution in [0, 0.1) is 6.92 Å². The van der Waals surface area contributed by atoms with Gasteiger partial charge in [-0.1, -0.05) is 0 Å². The average molecular weight is 311 g/mol. The number of fused-ring (bicyclic) bond motifs is 3. The largest absolute Gasteiger partial charge is 0.507 e. The Labute approximate surface area is 135 Å². The Morgan fingerprint density at radius 2 is 2.00 bits per heavy atom. The highest BCUT2D eigenvalue weighted by atomic mass is 16.3. The average Bonchev–Trinajstić information content (AvgIpc) is 3.03. The van der Waals surface area contributed by atoms with Crippen LogP contribution in [0.15, 0.2) is 23.0 Å². The molecular weight excluding hydrogens is 290 g/mol. The highest BCUT2D eigenvalue weighted by molar-refractivity contribution is 5.83. The molecule has 1 fully saturated rings. The van der Waals surface area contributed by atoms with Crippen LogP contribution in [0.1, 0.15) is 24.0 Å². The molecule has 2 aliphatic rings. The van der Waals surface area contributed by atoms with E-state index in [1.54, 1.807) is 6.92 Å². The molecule has 5 heteroatoms. The molecule has 4 rings (SSSR count). The van der Waals surface area contributed by atoms with Crippen molar-refractivity contribution in [3.05, 3.63) is 39.7 Å². The molecule has 3 heterocycles. The van der Waals surface area contributed by atoms with Gasteiger partial charge in [0, 0.05) is 42.1 Å². The quantitative estimate of drug-likeness (QED) is 0.757. The Kier molecular flexibility index (Phi) is 3.29. The van der Waals surface area contributed by atoms with E-state index in [4.69, 9.17) is 0 Å². The first-order chi connectivity index (χ1) is 11.1. The summed E-state index contributed by atoms with van der Waals surface area (Å²) in [6.45, 7) is 4.60. The van der Waals surface area contributed by atoms with Crippen LogP contribution < -0.4 is 15.8 Å². The lowest BCUT2D eigenvalue weighted by Gasteiger charge is -2.20. The van der Waals surface area contributed by atoms with Gasteiger partial charge in [-0.3, -0.25) is 4.79 Å². The summed E-state index contributed by atoms with van der Waals surface area (Å²) >= 11 is 0. The van der Waals surface area contributed by atoms with Crippen LogP contribution in [0.4, 0.5) is 11.4 Å². The summed E-state index contributed by atoms with van der Waals surface area (Å²) in [6.07, 6.45) is 3.17. The number of hydrogen-bond donors (Lipinski definition) is 3. The van der Waals surface area contributed by atoms with Crippen molar-refractivity contribution in [3.63, 3.8) is 0 Å². The van der Waals surface area contributed by atoms with Crippen LogP contribution in [-0.2, 0) is 6.42 Å². The minimum Gasteiger partial charge on any atom is -0.507 e. The van der Waals surface area contributed by atoms with Gasteiger partial charge in [0.2, 0.25) is 0 Å². The number of benzene rings is 1. The summed E-state index contributed by atoms with van der Waals surface area (Å²) in [4.78, 5) is 17.4. The van der Waals surface area contributed by atoms with Crippen molar-refractivity contribution in [2.75, 3.05) is 29.9 Å². The number of anilines is 2. The van der Waals surface area contributed by atoms with Gasteiger partial charge in [-0.15, -0.1) is 0 Å². The fraction of sp³-hybridized carbons (Fsp3) is 0.389. The molecule has 0 saturated carbocycles. The van der Waals surface area contributed by atoms with Crippen LogP contribution in [0.5, 0.6) is 5.75 Å². The summed E-state index contributed by atoms with van der Waals surface area (Å²) in [5.74, 6) is 0.127. The number of aromatic amines is 1. The third-order valence-electron chi connectivity index (χ3n) is 4.96. The zero-order valence-electron chi connectivity index (χ0n) is 13.3. The smallest absolute Gasteiger partial charge is 0.255 e. The first kappa shape index (κ1) is 14.2. The Morgan fingerprint density at radius 3 is 2.78 bits per heavy atom. The van der Waals surface area contributed by atoms with Crippen molar-refractivity contribution in [1.82, 2.24) is 4.98 Å². The second-order valence-electron chi connectivity index (χ2n) is 6.38. The van der Waals surface area contributed by atoms with Crippen molar-refractivity contribution in [2.24, 2.45) is 0 Å². The van der Waals surface area contributed by atoms with E-state index >= 15 is 0 Å². The lowest BCUT2D eigenvalue weighted by Crippen LogP contribution is -2.17. The predicted molar refractivity (Wildman–Crippen MR) is 92.5 cm³/mol. The summed E-state index contributed by atoms with van der Waals surface area (Å²) < 4.78 is 0. The molecular formula is C18H21N3O2. The number of hydrogen-bond acceptors (Lipinski definition) is 4. The van der Waals surface area contributed by atoms with E-state index in [0.29, 0.717) is 12.0 Å². The van der Waals surface area contributed by atoms with Crippen LogP contribution in [0.2, 0.25) is 0 Å². The Hall–Kier alpha value is -2.43. The summed E-state index contributed by atoms with van der Waals surface area (Å²) in [5, 5.41) is 13.8. The molecule has 0 amide bonds. The van der Waals surface area contributed by atoms with Gasteiger partial charge < -0.3 is 20.3 Å². The van der Waals surface area contributed by atoms with Crippen molar-refractivity contribution >= 4 is 11.4 Å². The Bertz CT molecular complexity index is 820. The van der Waals surface area contributed by atoms with Gasteiger partial charge >= 0.3 is 0 Å². The monoisotopic (exact) mass is 311 g/mol. The minimum absolute atomic E-state index is 0.127. The first-order valence-electron chi connectivity index (χ1n) is 8.23. The van der Waals surface area contributed by atoms with E-state index in [1.165, 1.54) is 18.5 Å². The third kappa shape index (κ3) is 2.27. The molecule has 1 aromatic carbocycles. The molecule has 0 spiro atoms. The second-order valence-corrected chi connectivity index (χ2v) is 6.38. The summed E-state index contributed by atoms with van der Waals surface area (Å²) in [6, 6.07) is 6.31. The standard InChI is InChI=1S/C18H21N3O2/c1-11-17(22)14-6-7-19-15-10-12(21-8-2-3-9-21)4-5-13(15)16(14)20-18(11)23/h4-5,10,19H,2-3,6-9H2,1H3,(H2,20,22,23). The van der Waals surface area contributed by atoms with E-state index < -0.39 is 0 Å². The summed E-state index contributed by atoms with van der Waals surface area (Å²) in [7, 11) is 0. The molecule has 1 saturated heterocycles. The molecule has 0 unspecified atom stereocenters. The number of rotatable bonds is 1. The fourth-order valence-electron chi connectivity index (χ4n) is 3.60. The van der Waals surface area contributed by atoms with Crippen LogP contribution in [0.3, 0.4) is 0 Å². The molecule has 3 N–H and O–H groups in total. The molecule has 120 valence electrons. The maximum Gasteiger partial charge on any atom is 0.255 e. The Morgan fingerprint density at radius 1 is 1.22 bits per heavy atom. The normalized spacial score (nSPS) is 16.5. The topological polar surface area (TPSA) is 68.4 Å². The van der Waals surface area contributed by atoms with Crippen LogP contribution in [-0.4, -0.2) is 29.7 Å². The number of nitrogens with one attached hydrogen (secondary N) is 2. The van der Waals surface area contributed by atoms with Gasteiger partial charge in [0.25, 0.3) is 5.56 Å². The molecule has 2 aromatic rings. The van der Waals surface area contributed by atoms with E-state index in [0.717, 1.165) is 42.1 Å². The van der Waals surface area contributed by atoms with Crippen molar-refractivity contribution in [1.29, 1.82) is 0 Å². The molecule has 0 bridgehead atoms. The Balaban J connectivity index is 1.86. The maximum atomic E-state index is 12.1. The van der Waals surface area contributed by atoms with E-state index in [2.05, 4.69) is 27.3 Å². The molecule has 5 nitrogen and oxygen atoms in total. The second kappa shape index (κ2) is 5.33. The number of aromatic hydroxyl groups is 1. The predicted octanol–water partition coefficient (Wildman–Crippen LogP) is 2.62. The number of aromatic nitrogens is 1. The van der Waals surface area contributed by atoms with Crippen molar-refractivity contribution < 1.29 is 5.11 Å². The molecule has 0 aliphatic carbocycles. The van der Waals surface area contributed by atoms with Gasteiger partial charge in [0.15, 0.2) is 0 Å².